The van der Waals surface area contributed by atoms with E-state index in [9.17, 15) is 18.0 Å². The third kappa shape index (κ3) is 4.12. The molecule has 2 unspecified atom stereocenters. The highest BCUT2D eigenvalue weighted by atomic mass is 35.5. The highest BCUT2D eigenvalue weighted by Gasteiger charge is 2.48. The van der Waals surface area contributed by atoms with E-state index in [0.717, 1.165) is 14.8 Å². The number of nitrogens with zero attached hydrogens (tertiary/aromatic N) is 2. The van der Waals surface area contributed by atoms with Gasteiger partial charge < -0.3 is 0 Å². The van der Waals surface area contributed by atoms with E-state index in [1.54, 1.807) is 31.2 Å². The Balaban J connectivity index is 2.06. The van der Waals surface area contributed by atoms with Gasteiger partial charge >= 0.3 is 0 Å². The molecule has 0 aliphatic carbocycles. The number of aryl methyl sites for hydroxylation is 1. The third-order valence-corrected chi connectivity index (χ3v) is 7.94. The molecule has 0 aromatic heterocycles. The van der Waals surface area contributed by atoms with Crippen LogP contribution in [0.5, 0.6) is 0 Å². The Morgan fingerprint density at radius 1 is 1.13 bits per heavy atom. The van der Waals surface area contributed by atoms with Crippen LogP contribution in [0.3, 0.4) is 0 Å². The first-order chi connectivity index (χ1) is 14.1. The molecule has 3 rings (SSSR count). The Bertz CT molecular complexity index is 1090. The fourth-order valence-corrected chi connectivity index (χ4v) is 6.05. The van der Waals surface area contributed by atoms with Crippen molar-refractivity contribution in [1.29, 1.82) is 0 Å². The monoisotopic (exact) mass is 468 g/mol. The summed E-state index contributed by atoms with van der Waals surface area (Å²) in [5, 5.41) is 0.206. The molecular formula is C21H22Cl2N2O4S. The second-order valence-corrected chi connectivity index (χ2v) is 9.95. The predicted octanol–water partition coefficient (Wildman–Crippen LogP) is 4.42. The number of amides is 2. The first-order valence-electron chi connectivity index (χ1n) is 9.50. The molecule has 160 valence electrons. The van der Waals surface area contributed by atoms with Crippen molar-refractivity contribution in [3.63, 3.8) is 0 Å². The maximum atomic E-state index is 13.5. The summed E-state index contributed by atoms with van der Waals surface area (Å²) in [5.41, 5.74) is 1.40. The Labute approximate surface area is 186 Å². The Morgan fingerprint density at radius 2 is 1.77 bits per heavy atom. The summed E-state index contributed by atoms with van der Waals surface area (Å²) in [4.78, 5) is 26.8. The molecule has 0 N–H and O–H groups in total. The van der Waals surface area contributed by atoms with Crippen LogP contribution < -0.4 is 4.90 Å². The van der Waals surface area contributed by atoms with Crippen molar-refractivity contribution in [2.24, 2.45) is 0 Å². The number of rotatable bonds is 6. The Kier molecular flexibility index (Phi) is 6.57. The zero-order chi connectivity index (χ0) is 22.2. The van der Waals surface area contributed by atoms with Gasteiger partial charge in [-0.05, 0) is 50.6 Å². The largest absolute Gasteiger partial charge is 0.274 e. The molecule has 1 aliphatic heterocycles. The van der Waals surface area contributed by atoms with Gasteiger partial charge in [0.25, 0.3) is 5.91 Å². The van der Waals surface area contributed by atoms with Crippen LogP contribution in [-0.4, -0.2) is 36.6 Å². The standard InChI is InChI=1S/C21H22Cl2N2O4S/c1-4-14(3)25(30(28,29)19-11-15(22)7-10-17(19)23)18-12-20(26)24(21(18)27)16-8-5-13(2)6-9-16/h5-11,14,18H,4,12H2,1-3H3. The number of benzene rings is 2. The summed E-state index contributed by atoms with van der Waals surface area (Å²) in [6.45, 7) is 5.40. The molecule has 2 atom stereocenters. The lowest BCUT2D eigenvalue weighted by atomic mass is 10.2. The van der Waals surface area contributed by atoms with E-state index < -0.39 is 33.9 Å². The number of carbonyl (C=O) groups excluding carboxylic acids is 2. The minimum absolute atomic E-state index is 0.000124. The molecule has 9 heteroatoms. The molecule has 0 radical (unpaired) electrons. The van der Waals surface area contributed by atoms with Crippen molar-refractivity contribution in [3.8, 4) is 0 Å². The van der Waals surface area contributed by atoms with Gasteiger partial charge in [-0.15, -0.1) is 0 Å². The van der Waals surface area contributed by atoms with Gasteiger partial charge in [0.15, 0.2) is 0 Å². The van der Waals surface area contributed by atoms with Gasteiger partial charge in [0, 0.05) is 11.1 Å². The Hall–Kier alpha value is -1.93. The predicted molar refractivity (Wildman–Crippen MR) is 117 cm³/mol. The summed E-state index contributed by atoms with van der Waals surface area (Å²) >= 11 is 12.2. The Morgan fingerprint density at radius 3 is 2.37 bits per heavy atom. The molecule has 2 aromatic carbocycles. The van der Waals surface area contributed by atoms with E-state index in [-0.39, 0.29) is 21.4 Å². The lowest BCUT2D eigenvalue weighted by Gasteiger charge is -2.32. The molecular weight excluding hydrogens is 447 g/mol. The number of carbonyl (C=O) groups is 2. The molecule has 1 heterocycles. The SMILES string of the molecule is CCC(C)N(C1CC(=O)N(c2ccc(C)cc2)C1=O)S(=O)(=O)c1cc(Cl)ccc1Cl. The minimum atomic E-state index is -4.20. The summed E-state index contributed by atoms with van der Waals surface area (Å²) < 4.78 is 28.2. The molecule has 2 amide bonds. The van der Waals surface area contributed by atoms with Crippen molar-refractivity contribution in [2.75, 3.05) is 4.90 Å². The zero-order valence-corrected chi connectivity index (χ0v) is 19.1. The fraction of sp³-hybridized carbons (Fsp3) is 0.333. The maximum absolute atomic E-state index is 13.5. The molecule has 0 bridgehead atoms. The normalized spacial score (nSPS) is 18.3. The molecule has 0 saturated carbocycles. The number of sulfonamides is 1. The van der Waals surface area contributed by atoms with E-state index in [4.69, 9.17) is 23.2 Å². The topological polar surface area (TPSA) is 74.8 Å². The van der Waals surface area contributed by atoms with Gasteiger partial charge in [-0.1, -0.05) is 47.8 Å². The number of imide groups is 1. The lowest BCUT2D eigenvalue weighted by molar-refractivity contribution is -0.122. The zero-order valence-electron chi connectivity index (χ0n) is 16.8. The van der Waals surface area contributed by atoms with Gasteiger partial charge in [-0.3, -0.25) is 9.59 Å². The molecule has 2 aromatic rings. The van der Waals surface area contributed by atoms with Gasteiger partial charge in [0.1, 0.15) is 10.9 Å². The summed E-state index contributed by atoms with van der Waals surface area (Å²) in [6, 6.07) is 9.36. The number of anilines is 1. The summed E-state index contributed by atoms with van der Waals surface area (Å²) in [7, 11) is -4.20. The van der Waals surface area contributed by atoms with Gasteiger partial charge in [0.05, 0.1) is 17.1 Å². The first kappa shape index (κ1) is 22.7. The first-order valence-corrected chi connectivity index (χ1v) is 11.7. The summed E-state index contributed by atoms with van der Waals surface area (Å²) in [5.74, 6) is -1.03. The van der Waals surface area contributed by atoms with E-state index in [1.165, 1.54) is 18.2 Å². The maximum Gasteiger partial charge on any atom is 0.252 e. The molecule has 1 saturated heterocycles. The van der Waals surface area contributed by atoms with E-state index in [2.05, 4.69) is 0 Å². The smallest absolute Gasteiger partial charge is 0.252 e. The van der Waals surface area contributed by atoms with Crippen LogP contribution in [0.15, 0.2) is 47.4 Å². The lowest BCUT2D eigenvalue weighted by Crippen LogP contribution is -2.49. The fourth-order valence-electron chi connectivity index (χ4n) is 3.46. The van der Waals surface area contributed by atoms with E-state index >= 15 is 0 Å². The van der Waals surface area contributed by atoms with Crippen molar-refractivity contribution in [1.82, 2.24) is 4.31 Å². The van der Waals surface area contributed by atoms with Gasteiger partial charge in [-0.25, -0.2) is 13.3 Å². The van der Waals surface area contributed by atoms with Crippen LogP contribution in [0.25, 0.3) is 0 Å². The molecule has 30 heavy (non-hydrogen) atoms. The third-order valence-electron chi connectivity index (χ3n) is 5.20. The van der Waals surface area contributed by atoms with Crippen LogP contribution >= 0.6 is 23.2 Å². The molecule has 0 spiro atoms. The van der Waals surface area contributed by atoms with E-state index in [0.29, 0.717) is 12.1 Å². The van der Waals surface area contributed by atoms with Gasteiger partial charge in [0.2, 0.25) is 15.9 Å². The number of hydrogen-bond donors (Lipinski definition) is 0. The molecule has 1 fully saturated rings. The highest BCUT2D eigenvalue weighted by molar-refractivity contribution is 7.89. The van der Waals surface area contributed by atoms with Crippen molar-refractivity contribution < 1.29 is 18.0 Å². The van der Waals surface area contributed by atoms with Crippen LogP contribution in [0.1, 0.15) is 32.3 Å². The average molecular weight is 469 g/mol. The number of hydrogen-bond acceptors (Lipinski definition) is 4. The second-order valence-electron chi connectivity index (χ2n) is 7.29. The minimum Gasteiger partial charge on any atom is -0.274 e. The number of halogens is 2. The van der Waals surface area contributed by atoms with Crippen LogP contribution in [0.4, 0.5) is 5.69 Å². The van der Waals surface area contributed by atoms with E-state index in [1.807, 2.05) is 13.8 Å². The van der Waals surface area contributed by atoms with Crippen LogP contribution in [-0.2, 0) is 19.6 Å². The average Bonchev–Trinajstić information content (AvgIpc) is 2.98. The highest BCUT2D eigenvalue weighted by Crippen LogP contribution is 2.34. The van der Waals surface area contributed by atoms with Crippen molar-refractivity contribution in [3.05, 3.63) is 58.1 Å². The molecule has 6 nitrogen and oxygen atoms in total. The molecule has 1 aliphatic rings. The van der Waals surface area contributed by atoms with Crippen LogP contribution in [0, 0.1) is 6.92 Å². The second kappa shape index (κ2) is 8.67. The van der Waals surface area contributed by atoms with Crippen molar-refractivity contribution >= 4 is 50.7 Å². The van der Waals surface area contributed by atoms with Crippen molar-refractivity contribution in [2.45, 2.75) is 50.6 Å². The van der Waals surface area contributed by atoms with Gasteiger partial charge in [-0.2, -0.15) is 4.31 Å². The van der Waals surface area contributed by atoms with Crippen LogP contribution in [0.2, 0.25) is 10.0 Å². The summed E-state index contributed by atoms with van der Waals surface area (Å²) in [6.07, 6.45) is 0.203. The quantitative estimate of drug-likeness (QED) is 0.587.